The predicted molar refractivity (Wildman–Crippen MR) is 95.0 cm³/mol. The second kappa shape index (κ2) is 11.3. The van der Waals surface area contributed by atoms with Gasteiger partial charge >= 0.3 is 5.97 Å². The van der Waals surface area contributed by atoms with E-state index in [2.05, 4.69) is 28.6 Å². The Morgan fingerprint density at radius 3 is 1.88 bits per heavy atom. The van der Waals surface area contributed by atoms with Crippen LogP contribution < -0.4 is 27.4 Å². The molecule has 0 fully saturated rings. The highest BCUT2D eigenvalue weighted by molar-refractivity contribution is 7.80. The van der Waals surface area contributed by atoms with E-state index in [9.17, 15) is 24.0 Å². The first-order valence-electron chi connectivity index (χ1n) is 7.78. The van der Waals surface area contributed by atoms with Crippen LogP contribution in [0.25, 0.3) is 0 Å². The summed E-state index contributed by atoms with van der Waals surface area (Å²) in [5.41, 5.74) is 10.5. The van der Waals surface area contributed by atoms with Crippen molar-refractivity contribution in [2.45, 2.75) is 50.9 Å². The van der Waals surface area contributed by atoms with Crippen LogP contribution in [0, 0.1) is 0 Å². The Kier molecular flexibility index (Phi) is 10.3. The van der Waals surface area contributed by atoms with Crippen molar-refractivity contribution in [3.63, 3.8) is 0 Å². The SMILES string of the molecule is CC(N)C(=O)NC(CS)C(=O)NC(CCC(N)=O)C(=O)NC(C)C(=O)O. The van der Waals surface area contributed by atoms with Gasteiger partial charge in [0.15, 0.2) is 0 Å². The monoisotopic (exact) mass is 391 g/mol. The first-order valence-corrected chi connectivity index (χ1v) is 8.41. The van der Waals surface area contributed by atoms with Gasteiger partial charge in [-0.15, -0.1) is 0 Å². The highest BCUT2D eigenvalue weighted by atomic mass is 32.1. The van der Waals surface area contributed by atoms with Crippen LogP contribution in [0.5, 0.6) is 0 Å². The zero-order valence-corrected chi connectivity index (χ0v) is 15.4. The molecule has 0 aliphatic rings. The molecule has 0 aromatic heterocycles. The van der Waals surface area contributed by atoms with Crippen LogP contribution >= 0.6 is 12.6 Å². The number of carbonyl (C=O) groups is 5. The molecule has 0 spiro atoms. The molecule has 148 valence electrons. The zero-order chi connectivity index (χ0) is 20.4. The van der Waals surface area contributed by atoms with E-state index in [0.717, 1.165) is 0 Å². The van der Waals surface area contributed by atoms with Crippen molar-refractivity contribution < 1.29 is 29.1 Å². The van der Waals surface area contributed by atoms with Crippen LogP contribution in [0.3, 0.4) is 0 Å². The van der Waals surface area contributed by atoms with Gasteiger partial charge < -0.3 is 32.5 Å². The summed E-state index contributed by atoms with van der Waals surface area (Å²) < 4.78 is 0. The van der Waals surface area contributed by atoms with Crippen molar-refractivity contribution in [2.75, 3.05) is 5.75 Å². The minimum atomic E-state index is -1.27. The average Bonchev–Trinajstić information content (AvgIpc) is 2.54. The lowest BCUT2D eigenvalue weighted by atomic mass is 10.1. The van der Waals surface area contributed by atoms with Gasteiger partial charge in [0.2, 0.25) is 23.6 Å². The Labute approximate surface area is 156 Å². The molecule has 11 nitrogen and oxygen atoms in total. The topological polar surface area (TPSA) is 194 Å². The minimum Gasteiger partial charge on any atom is -0.480 e. The molecule has 0 bridgehead atoms. The molecular formula is C14H25N5O6S. The second-order valence-electron chi connectivity index (χ2n) is 5.67. The maximum absolute atomic E-state index is 12.3. The number of primary amides is 1. The van der Waals surface area contributed by atoms with E-state index in [1.54, 1.807) is 0 Å². The Morgan fingerprint density at radius 2 is 1.46 bits per heavy atom. The number of amides is 4. The largest absolute Gasteiger partial charge is 0.480 e. The molecule has 26 heavy (non-hydrogen) atoms. The van der Waals surface area contributed by atoms with Gasteiger partial charge in [0.25, 0.3) is 0 Å². The van der Waals surface area contributed by atoms with Gasteiger partial charge in [0.1, 0.15) is 18.1 Å². The van der Waals surface area contributed by atoms with E-state index >= 15 is 0 Å². The number of carboxylic acids is 1. The number of aliphatic carboxylic acids is 1. The van der Waals surface area contributed by atoms with Crippen molar-refractivity contribution >= 4 is 42.2 Å². The van der Waals surface area contributed by atoms with Crippen LogP contribution in [-0.2, 0) is 24.0 Å². The molecule has 0 aliphatic carbocycles. The third-order valence-corrected chi connectivity index (χ3v) is 3.64. The molecule has 4 atom stereocenters. The summed E-state index contributed by atoms with van der Waals surface area (Å²) in [6, 6.07) is -4.34. The number of nitrogens with one attached hydrogen (secondary N) is 3. The lowest BCUT2D eigenvalue weighted by molar-refractivity contribution is -0.142. The summed E-state index contributed by atoms with van der Waals surface area (Å²) in [6.07, 6.45) is -0.350. The van der Waals surface area contributed by atoms with Gasteiger partial charge in [0.05, 0.1) is 6.04 Å². The summed E-state index contributed by atoms with van der Waals surface area (Å²) in [4.78, 5) is 57.9. The Bertz CT molecular complexity index is 556. The fourth-order valence-electron chi connectivity index (χ4n) is 1.70. The van der Waals surface area contributed by atoms with Crippen LogP contribution in [0.1, 0.15) is 26.7 Å². The predicted octanol–water partition coefficient (Wildman–Crippen LogP) is -2.91. The van der Waals surface area contributed by atoms with Crippen molar-refractivity contribution in [1.29, 1.82) is 0 Å². The lowest BCUT2D eigenvalue weighted by Gasteiger charge is -2.23. The van der Waals surface area contributed by atoms with Crippen LogP contribution in [0.2, 0.25) is 0 Å². The molecule has 0 rings (SSSR count). The maximum Gasteiger partial charge on any atom is 0.325 e. The summed E-state index contributed by atoms with van der Waals surface area (Å²) in [5, 5.41) is 15.8. The van der Waals surface area contributed by atoms with Gasteiger partial charge in [-0.25, -0.2) is 0 Å². The van der Waals surface area contributed by atoms with Crippen molar-refractivity contribution in [3.8, 4) is 0 Å². The molecule has 8 N–H and O–H groups in total. The van der Waals surface area contributed by atoms with E-state index in [1.807, 2.05) is 0 Å². The smallest absolute Gasteiger partial charge is 0.325 e. The number of rotatable bonds is 11. The molecule has 0 radical (unpaired) electrons. The second-order valence-corrected chi connectivity index (χ2v) is 6.03. The molecule has 0 aromatic carbocycles. The van der Waals surface area contributed by atoms with Gasteiger partial charge in [0, 0.05) is 12.2 Å². The van der Waals surface area contributed by atoms with Gasteiger partial charge in [-0.3, -0.25) is 24.0 Å². The summed E-state index contributed by atoms with van der Waals surface area (Å²) in [7, 11) is 0. The Morgan fingerprint density at radius 1 is 0.962 bits per heavy atom. The van der Waals surface area contributed by atoms with Crippen LogP contribution in [0.4, 0.5) is 0 Å². The third kappa shape index (κ3) is 8.67. The molecule has 4 unspecified atom stereocenters. The standard InChI is InChI=1S/C14H25N5O6S/c1-6(15)11(21)19-9(5-26)13(23)18-8(3-4-10(16)20)12(22)17-7(2)14(24)25/h6-9,26H,3-5,15H2,1-2H3,(H2,16,20)(H,17,22)(H,18,23)(H,19,21)(H,24,25). The lowest BCUT2D eigenvalue weighted by Crippen LogP contribution is -2.57. The fraction of sp³-hybridized carbons (Fsp3) is 0.643. The summed E-state index contributed by atoms with van der Waals surface area (Å²) in [6.45, 7) is 2.67. The maximum atomic E-state index is 12.3. The molecule has 0 aliphatic heterocycles. The van der Waals surface area contributed by atoms with Gasteiger partial charge in [-0.05, 0) is 20.3 Å². The molecular weight excluding hydrogens is 366 g/mol. The Hall–Kier alpha value is -2.34. The van der Waals surface area contributed by atoms with Crippen molar-refractivity contribution in [1.82, 2.24) is 16.0 Å². The van der Waals surface area contributed by atoms with E-state index in [1.165, 1.54) is 13.8 Å². The zero-order valence-electron chi connectivity index (χ0n) is 14.5. The number of thiol groups is 1. The van der Waals surface area contributed by atoms with Gasteiger partial charge in [-0.1, -0.05) is 0 Å². The van der Waals surface area contributed by atoms with Crippen molar-refractivity contribution in [3.05, 3.63) is 0 Å². The third-order valence-electron chi connectivity index (χ3n) is 3.27. The van der Waals surface area contributed by atoms with E-state index in [4.69, 9.17) is 16.6 Å². The number of carbonyl (C=O) groups excluding carboxylic acids is 4. The van der Waals surface area contributed by atoms with E-state index in [0.29, 0.717) is 0 Å². The molecule has 0 heterocycles. The fourth-order valence-corrected chi connectivity index (χ4v) is 1.96. The number of carboxylic acid groups (broad SMARTS) is 1. The van der Waals surface area contributed by atoms with E-state index < -0.39 is 53.8 Å². The molecule has 0 saturated heterocycles. The number of nitrogens with two attached hydrogens (primary N) is 2. The summed E-state index contributed by atoms with van der Waals surface area (Å²) in [5.74, 6) is -4.15. The molecule has 0 saturated carbocycles. The molecule has 4 amide bonds. The minimum absolute atomic E-state index is 0.0695. The molecule has 12 heteroatoms. The van der Waals surface area contributed by atoms with E-state index in [-0.39, 0.29) is 18.6 Å². The first kappa shape index (κ1) is 23.7. The molecule has 0 aromatic rings. The van der Waals surface area contributed by atoms with Crippen molar-refractivity contribution in [2.24, 2.45) is 11.5 Å². The summed E-state index contributed by atoms with van der Waals surface area (Å²) >= 11 is 3.97. The van der Waals surface area contributed by atoms with Crippen LogP contribution in [-0.4, -0.2) is 64.6 Å². The quantitative estimate of drug-likeness (QED) is 0.183. The first-order chi connectivity index (χ1) is 12.0. The number of hydrogen-bond acceptors (Lipinski definition) is 7. The van der Waals surface area contributed by atoms with Gasteiger partial charge in [-0.2, -0.15) is 12.6 Å². The highest BCUT2D eigenvalue weighted by Gasteiger charge is 2.28. The Balaban J connectivity index is 5.09. The normalized spacial score (nSPS) is 15.1. The highest BCUT2D eigenvalue weighted by Crippen LogP contribution is 2.01. The average molecular weight is 391 g/mol. The van der Waals surface area contributed by atoms with Crippen LogP contribution in [0.15, 0.2) is 0 Å². The number of hydrogen-bond donors (Lipinski definition) is 7.